The van der Waals surface area contributed by atoms with Gasteiger partial charge in [0.05, 0.1) is 21.3 Å². The summed E-state index contributed by atoms with van der Waals surface area (Å²) in [4.78, 5) is 26.3. The van der Waals surface area contributed by atoms with Gasteiger partial charge < -0.3 is 19.1 Å². The third-order valence-corrected chi connectivity index (χ3v) is 4.89. The number of hydrogen-bond acceptors (Lipinski definition) is 5. The predicted octanol–water partition coefficient (Wildman–Crippen LogP) is 3.66. The van der Waals surface area contributed by atoms with E-state index in [1.165, 1.54) is 14.2 Å². The Labute approximate surface area is 150 Å². The molecule has 1 aliphatic heterocycles. The zero-order valence-electron chi connectivity index (χ0n) is 14.1. The zero-order chi connectivity index (χ0) is 17.7. The summed E-state index contributed by atoms with van der Waals surface area (Å²) < 4.78 is 16.0. The number of carbonyl (C=O) groups is 2. The van der Waals surface area contributed by atoms with E-state index in [2.05, 4.69) is 15.9 Å². The van der Waals surface area contributed by atoms with Crippen molar-refractivity contribution in [3.05, 3.63) is 22.2 Å². The molecule has 0 saturated carbocycles. The Balaban J connectivity index is 2.20. The Bertz CT molecular complexity index is 619. The van der Waals surface area contributed by atoms with Gasteiger partial charge in [-0.25, -0.2) is 4.79 Å². The number of rotatable bonds is 5. The number of amides is 1. The van der Waals surface area contributed by atoms with Gasteiger partial charge >= 0.3 is 6.09 Å². The molecule has 24 heavy (non-hydrogen) atoms. The van der Waals surface area contributed by atoms with Crippen molar-refractivity contribution in [2.75, 3.05) is 27.9 Å². The minimum Gasteiger partial charge on any atom is -0.493 e. The van der Waals surface area contributed by atoms with E-state index in [1.807, 2.05) is 0 Å². The number of Topliss-reactive ketones (excluding diaryl/α,β-unsaturated/α-hetero) is 1. The van der Waals surface area contributed by atoms with Crippen LogP contribution in [0.1, 0.15) is 36.0 Å². The van der Waals surface area contributed by atoms with Gasteiger partial charge in [0.25, 0.3) is 0 Å². The van der Waals surface area contributed by atoms with Crippen LogP contribution in [0.25, 0.3) is 0 Å². The van der Waals surface area contributed by atoms with Crippen molar-refractivity contribution in [3.63, 3.8) is 0 Å². The molecule has 7 heteroatoms. The first kappa shape index (κ1) is 18.6. The lowest BCUT2D eigenvalue weighted by molar-refractivity contribution is 0.0769. The highest BCUT2D eigenvalue weighted by atomic mass is 79.9. The third kappa shape index (κ3) is 4.01. The number of carbonyl (C=O) groups excluding carboxylic acids is 2. The van der Waals surface area contributed by atoms with Gasteiger partial charge in [0, 0.05) is 29.0 Å². The topological polar surface area (TPSA) is 65.1 Å². The van der Waals surface area contributed by atoms with E-state index in [0.717, 1.165) is 19.3 Å². The highest BCUT2D eigenvalue weighted by Crippen LogP contribution is 2.34. The summed E-state index contributed by atoms with van der Waals surface area (Å²) in [5, 5.41) is 0. The average molecular weight is 400 g/mol. The van der Waals surface area contributed by atoms with E-state index in [4.69, 9.17) is 14.2 Å². The molecule has 0 aliphatic carbocycles. The van der Waals surface area contributed by atoms with Crippen LogP contribution in [-0.2, 0) is 4.74 Å². The van der Waals surface area contributed by atoms with Crippen molar-refractivity contribution in [2.24, 2.45) is 0 Å². The van der Waals surface area contributed by atoms with Crippen LogP contribution in [0.2, 0.25) is 0 Å². The van der Waals surface area contributed by atoms with Gasteiger partial charge in [-0.3, -0.25) is 4.79 Å². The van der Waals surface area contributed by atoms with Crippen LogP contribution in [0.4, 0.5) is 4.79 Å². The second-order valence-corrected chi connectivity index (χ2v) is 6.48. The molecule has 1 aromatic rings. The minimum atomic E-state index is -0.376. The Morgan fingerprint density at radius 1 is 1.17 bits per heavy atom. The first-order chi connectivity index (χ1) is 11.5. The smallest absolute Gasteiger partial charge is 0.409 e. The number of halogens is 1. The molecule has 2 rings (SSSR count). The lowest BCUT2D eigenvalue weighted by Gasteiger charge is -2.34. The van der Waals surface area contributed by atoms with Crippen LogP contribution >= 0.6 is 15.9 Å². The van der Waals surface area contributed by atoms with Crippen LogP contribution < -0.4 is 9.47 Å². The average Bonchev–Trinajstić information content (AvgIpc) is 2.61. The molecule has 1 heterocycles. The van der Waals surface area contributed by atoms with E-state index in [-0.39, 0.29) is 24.3 Å². The molecule has 0 N–H and O–H groups in total. The highest BCUT2D eigenvalue weighted by Gasteiger charge is 2.30. The fraction of sp³-hybridized carbons (Fsp3) is 0.529. The summed E-state index contributed by atoms with van der Waals surface area (Å²) in [7, 11) is 4.43. The molecule has 1 amide bonds. The van der Waals surface area contributed by atoms with Crippen molar-refractivity contribution in [3.8, 4) is 11.5 Å². The summed E-state index contributed by atoms with van der Waals surface area (Å²) in [5.41, 5.74) is 0.517. The molecular formula is C17H22BrNO5. The molecule has 1 aromatic carbocycles. The maximum absolute atomic E-state index is 12.8. The molecule has 1 fully saturated rings. The number of likely N-dealkylation sites (tertiary alicyclic amines) is 1. The second kappa shape index (κ2) is 8.37. The number of methoxy groups -OCH3 is 3. The van der Waals surface area contributed by atoms with E-state index < -0.39 is 0 Å². The number of benzene rings is 1. The summed E-state index contributed by atoms with van der Waals surface area (Å²) in [6, 6.07) is 3.24. The van der Waals surface area contributed by atoms with Gasteiger partial charge in [-0.05, 0) is 47.3 Å². The van der Waals surface area contributed by atoms with E-state index in [1.54, 1.807) is 24.1 Å². The number of ether oxygens (including phenoxy) is 3. The molecule has 0 bridgehead atoms. The Kier molecular flexibility index (Phi) is 6.48. The van der Waals surface area contributed by atoms with Gasteiger partial charge in [-0.15, -0.1) is 0 Å². The van der Waals surface area contributed by atoms with Gasteiger partial charge in [0.15, 0.2) is 17.3 Å². The largest absolute Gasteiger partial charge is 0.493 e. The highest BCUT2D eigenvalue weighted by molar-refractivity contribution is 9.10. The lowest BCUT2D eigenvalue weighted by atomic mass is 9.95. The van der Waals surface area contributed by atoms with Gasteiger partial charge in [-0.1, -0.05) is 0 Å². The van der Waals surface area contributed by atoms with E-state index in [9.17, 15) is 9.59 Å². The summed E-state index contributed by atoms with van der Waals surface area (Å²) in [5.74, 6) is 0.996. The molecule has 6 nitrogen and oxygen atoms in total. The fourth-order valence-corrected chi connectivity index (χ4v) is 3.51. The first-order valence-electron chi connectivity index (χ1n) is 7.81. The SMILES string of the molecule is COC(=O)N1CCCC[C@@H]1CC(=O)c1cc(OC)c(OC)cc1Br. The zero-order valence-corrected chi connectivity index (χ0v) is 15.7. The first-order valence-corrected chi connectivity index (χ1v) is 8.60. The van der Waals surface area contributed by atoms with Crippen molar-refractivity contribution in [1.29, 1.82) is 0 Å². The van der Waals surface area contributed by atoms with E-state index >= 15 is 0 Å². The fourth-order valence-electron chi connectivity index (χ4n) is 2.96. The van der Waals surface area contributed by atoms with E-state index in [0.29, 0.717) is 28.1 Å². The summed E-state index contributed by atoms with van der Waals surface area (Å²) in [6.07, 6.45) is 2.60. The minimum absolute atomic E-state index is 0.0522. The molecule has 1 atom stereocenters. The Hall–Kier alpha value is -1.76. The monoisotopic (exact) mass is 399 g/mol. The van der Waals surface area contributed by atoms with Crippen molar-refractivity contribution in [2.45, 2.75) is 31.7 Å². The molecule has 1 saturated heterocycles. The molecular weight excluding hydrogens is 378 g/mol. The van der Waals surface area contributed by atoms with Crippen LogP contribution in [-0.4, -0.2) is 50.7 Å². The number of hydrogen-bond donors (Lipinski definition) is 0. The lowest BCUT2D eigenvalue weighted by Crippen LogP contribution is -2.44. The Morgan fingerprint density at radius 3 is 2.46 bits per heavy atom. The molecule has 0 unspecified atom stereocenters. The Morgan fingerprint density at radius 2 is 1.83 bits per heavy atom. The number of ketones is 1. The van der Waals surface area contributed by atoms with Crippen LogP contribution in [0, 0.1) is 0 Å². The van der Waals surface area contributed by atoms with Crippen molar-refractivity contribution in [1.82, 2.24) is 4.90 Å². The summed E-state index contributed by atoms with van der Waals surface area (Å²) >= 11 is 3.41. The molecule has 132 valence electrons. The maximum Gasteiger partial charge on any atom is 0.409 e. The number of piperidine rings is 1. The van der Waals surface area contributed by atoms with Gasteiger partial charge in [0.2, 0.25) is 0 Å². The van der Waals surface area contributed by atoms with Crippen molar-refractivity contribution >= 4 is 27.8 Å². The van der Waals surface area contributed by atoms with Crippen LogP contribution in [0.3, 0.4) is 0 Å². The molecule has 0 spiro atoms. The third-order valence-electron chi connectivity index (χ3n) is 4.23. The quantitative estimate of drug-likeness (QED) is 0.706. The second-order valence-electron chi connectivity index (χ2n) is 5.63. The predicted molar refractivity (Wildman–Crippen MR) is 92.9 cm³/mol. The van der Waals surface area contributed by atoms with Crippen LogP contribution in [0.15, 0.2) is 16.6 Å². The van der Waals surface area contributed by atoms with Gasteiger partial charge in [0.1, 0.15) is 0 Å². The van der Waals surface area contributed by atoms with Gasteiger partial charge in [-0.2, -0.15) is 0 Å². The number of nitrogens with zero attached hydrogens (tertiary/aromatic N) is 1. The van der Waals surface area contributed by atoms with Crippen molar-refractivity contribution < 1.29 is 23.8 Å². The normalized spacial score (nSPS) is 17.3. The summed E-state index contributed by atoms with van der Waals surface area (Å²) in [6.45, 7) is 0.623. The molecule has 0 aromatic heterocycles. The standard InChI is InChI=1S/C17H22BrNO5/c1-22-15-9-12(13(18)10-16(15)23-2)14(20)8-11-6-4-5-7-19(11)17(21)24-3/h9-11H,4-8H2,1-3H3/t11-/m1/s1. The van der Waals surface area contributed by atoms with Crippen LogP contribution in [0.5, 0.6) is 11.5 Å². The molecule has 0 radical (unpaired) electrons. The molecule has 1 aliphatic rings. The maximum atomic E-state index is 12.8.